The van der Waals surface area contributed by atoms with Gasteiger partial charge in [-0.2, -0.15) is 0 Å². The molecule has 3 aromatic rings. The van der Waals surface area contributed by atoms with Crippen LogP contribution < -0.4 is 15.4 Å². The molecule has 0 fully saturated rings. The summed E-state index contributed by atoms with van der Waals surface area (Å²) in [6, 6.07) is 13.3. The topological polar surface area (TPSA) is 155 Å². The maximum atomic E-state index is 11.5. The van der Waals surface area contributed by atoms with Crippen molar-refractivity contribution in [3.05, 3.63) is 64.7 Å². The van der Waals surface area contributed by atoms with E-state index in [4.69, 9.17) is 25.0 Å². The standard InChI is InChI=1S/C28H34N3O7P/c1-18-15-23-22-8-7-21(19(2)28(32)33)16-24(22)30-27(29)26(23)31(17-18)10-9-20-5-3-4-6-25(20)38-12-11-37-13-14-39(34,35)36/h3-8,15-16,19H,9-14,17H2,1-2H3,(H2,29,30)(H,32,33)(H2,34,35,36). The molecule has 0 bridgehead atoms. The fourth-order valence-electron chi connectivity index (χ4n) is 4.67. The predicted molar refractivity (Wildman–Crippen MR) is 151 cm³/mol. The number of carboxylic acid groups (broad SMARTS) is 1. The van der Waals surface area contributed by atoms with Gasteiger partial charge in [0.15, 0.2) is 0 Å². The first-order valence-corrected chi connectivity index (χ1v) is 14.5. The van der Waals surface area contributed by atoms with Crippen LogP contribution in [0.25, 0.3) is 17.0 Å². The molecule has 0 aliphatic carbocycles. The van der Waals surface area contributed by atoms with Crippen LogP contribution in [0.2, 0.25) is 0 Å². The van der Waals surface area contributed by atoms with Crippen molar-refractivity contribution in [2.75, 3.05) is 49.7 Å². The summed E-state index contributed by atoms with van der Waals surface area (Å²) < 4.78 is 22.1. The molecule has 4 rings (SSSR count). The number of para-hydroxylation sites is 1. The predicted octanol–water partition coefficient (Wildman–Crippen LogP) is 4.04. The molecular weight excluding hydrogens is 521 g/mol. The number of aromatic nitrogens is 1. The van der Waals surface area contributed by atoms with E-state index in [9.17, 15) is 14.5 Å². The van der Waals surface area contributed by atoms with E-state index in [-0.39, 0.29) is 26.0 Å². The highest BCUT2D eigenvalue weighted by molar-refractivity contribution is 7.51. The molecule has 5 N–H and O–H groups in total. The minimum absolute atomic E-state index is 0.0272. The second-order valence-electron chi connectivity index (χ2n) is 9.71. The van der Waals surface area contributed by atoms with Gasteiger partial charge in [0.2, 0.25) is 0 Å². The molecule has 0 saturated heterocycles. The summed E-state index contributed by atoms with van der Waals surface area (Å²) in [6.07, 6.45) is 2.50. The molecule has 0 amide bonds. The van der Waals surface area contributed by atoms with Crippen molar-refractivity contribution >= 4 is 42.0 Å². The molecule has 1 unspecified atom stereocenters. The summed E-state index contributed by atoms with van der Waals surface area (Å²) in [5, 5.41) is 10.3. The molecule has 10 nitrogen and oxygen atoms in total. The maximum absolute atomic E-state index is 11.5. The number of ether oxygens (including phenoxy) is 2. The molecule has 0 radical (unpaired) electrons. The largest absolute Gasteiger partial charge is 0.491 e. The Morgan fingerprint density at radius 2 is 1.95 bits per heavy atom. The SMILES string of the molecule is CC1=Cc2c(c(N)nc3cc(C(C)C(=O)O)ccc23)N(CCc2ccccc2OCCOCCP(=O)(O)O)C1. The number of hydrogen-bond donors (Lipinski definition) is 4. The molecule has 2 heterocycles. The first-order chi connectivity index (χ1) is 18.5. The third-order valence-corrected chi connectivity index (χ3v) is 7.47. The molecule has 11 heteroatoms. The summed E-state index contributed by atoms with van der Waals surface area (Å²) in [5.41, 5.74) is 11.9. The Kier molecular flexibility index (Phi) is 8.92. The fourth-order valence-corrected chi connectivity index (χ4v) is 5.04. The van der Waals surface area contributed by atoms with Gasteiger partial charge < -0.3 is 35.0 Å². The van der Waals surface area contributed by atoms with Gasteiger partial charge in [0.1, 0.15) is 18.2 Å². The highest BCUT2D eigenvalue weighted by Crippen LogP contribution is 2.39. The number of anilines is 2. The van der Waals surface area contributed by atoms with Crippen LogP contribution in [-0.2, 0) is 20.5 Å². The van der Waals surface area contributed by atoms with E-state index in [0.717, 1.165) is 28.0 Å². The number of benzene rings is 2. The smallest absolute Gasteiger partial charge is 0.327 e. The van der Waals surface area contributed by atoms with E-state index in [1.807, 2.05) is 36.4 Å². The molecular formula is C28H34N3O7P. The second-order valence-corrected chi connectivity index (χ2v) is 11.5. The van der Waals surface area contributed by atoms with Crippen LogP contribution in [-0.4, -0.2) is 64.9 Å². The second kappa shape index (κ2) is 12.2. The zero-order chi connectivity index (χ0) is 28.2. The number of carbonyl (C=O) groups is 1. The zero-order valence-corrected chi connectivity index (χ0v) is 22.9. The highest BCUT2D eigenvalue weighted by Gasteiger charge is 2.24. The van der Waals surface area contributed by atoms with Gasteiger partial charge >= 0.3 is 13.6 Å². The highest BCUT2D eigenvalue weighted by atomic mass is 31.2. The lowest BCUT2D eigenvalue weighted by molar-refractivity contribution is -0.138. The van der Waals surface area contributed by atoms with Gasteiger partial charge in [-0.1, -0.05) is 42.0 Å². The normalized spacial score (nSPS) is 14.2. The maximum Gasteiger partial charge on any atom is 0.327 e. The van der Waals surface area contributed by atoms with E-state index in [1.165, 1.54) is 5.57 Å². The van der Waals surface area contributed by atoms with E-state index < -0.39 is 19.5 Å². The van der Waals surface area contributed by atoms with Crippen LogP contribution in [0.3, 0.4) is 0 Å². The fraction of sp³-hybridized carbons (Fsp3) is 0.357. The van der Waals surface area contributed by atoms with Crippen molar-refractivity contribution in [2.45, 2.75) is 26.2 Å². The number of fused-ring (bicyclic) bond motifs is 3. The average Bonchev–Trinajstić information content (AvgIpc) is 2.88. The van der Waals surface area contributed by atoms with Gasteiger partial charge in [0, 0.05) is 24.0 Å². The zero-order valence-electron chi connectivity index (χ0n) is 22.0. The Morgan fingerprint density at radius 1 is 1.18 bits per heavy atom. The molecule has 39 heavy (non-hydrogen) atoms. The van der Waals surface area contributed by atoms with Gasteiger partial charge in [-0.3, -0.25) is 9.36 Å². The monoisotopic (exact) mass is 555 g/mol. The average molecular weight is 556 g/mol. The lowest BCUT2D eigenvalue weighted by atomic mass is 9.95. The molecule has 2 aromatic carbocycles. The van der Waals surface area contributed by atoms with Crippen LogP contribution in [0.1, 0.15) is 36.5 Å². The van der Waals surface area contributed by atoms with Gasteiger partial charge in [-0.05, 0) is 43.5 Å². The number of nitrogen functional groups attached to an aromatic ring is 1. The molecule has 0 spiro atoms. The summed E-state index contributed by atoms with van der Waals surface area (Å²) in [4.78, 5) is 36.1. The van der Waals surface area contributed by atoms with Gasteiger partial charge in [0.25, 0.3) is 0 Å². The lowest BCUT2D eigenvalue weighted by Gasteiger charge is -2.32. The number of nitrogens with zero attached hydrogens (tertiary/aromatic N) is 2. The van der Waals surface area contributed by atoms with E-state index in [0.29, 0.717) is 36.4 Å². The molecule has 1 aliphatic heterocycles. The van der Waals surface area contributed by atoms with Crippen molar-refractivity contribution in [1.29, 1.82) is 0 Å². The third-order valence-electron chi connectivity index (χ3n) is 6.70. The van der Waals surface area contributed by atoms with Crippen LogP contribution in [0.15, 0.2) is 48.0 Å². The van der Waals surface area contributed by atoms with Crippen LogP contribution in [0.5, 0.6) is 5.75 Å². The Morgan fingerprint density at radius 3 is 2.69 bits per heavy atom. The van der Waals surface area contributed by atoms with Crippen molar-refractivity contribution in [1.82, 2.24) is 4.98 Å². The first-order valence-electron chi connectivity index (χ1n) is 12.7. The molecule has 0 saturated carbocycles. The number of nitrogens with two attached hydrogens (primary N) is 1. The summed E-state index contributed by atoms with van der Waals surface area (Å²) in [6.45, 7) is 5.55. The van der Waals surface area contributed by atoms with Crippen LogP contribution in [0.4, 0.5) is 11.5 Å². The van der Waals surface area contributed by atoms with Crippen molar-refractivity contribution in [3.8, 4) is 5.75 Å². The molecule has 1 aliphatic rings. The number of rotatable bonds is 12. The van der Waals surface area contributed by atoms with Crippen LogP contribution >= 0.6 is 7.60 Å². The molecule has 1 atom stereocenters. The molecule has 1 aromatic heterocycles. The van der Waals surface area contributed by atoms with E-state index in [2.05, 4.69) is 22.9 Å². The number of aliphatic carboxylic acids is 1. The Labute approximate surface area is 227 Å². The van der Waals surface area contributed by atoms with Crippen LogP contribution in [0, 0.1) is 0 Å². The van der Waals surface area contributed by atoms with E-state index >= 15 is 0 Å². The number of hydrogen-bond acceptors (Lipinski definition) is 7. The van der Waals surface area contributed by atoms with Crippen molar-refractivity contribution in [2.24, 2.45) is 0 Å². The third kappa shape index (κ3) is 7.16. The lowest BCUT2D eigenvalue weighted by Crippen LogP contribution is -2.31. The minimum atomic E-state index is -4.07. The summed E-state index contributed by atoms with van der Waals surface area (Å²) in [5.74, 6) is -0.404. The van der Waals surface area contributed by atoms with Gasteiger partial charge in [-0.15, -0.1) is 0 Å². The van der Waals surface area contributed by atoms with Gasteiger partial charge in [-0.25, -0.2) is 4.98 Å². The number of pyridine rings is 1. The quantitative estimate of drug-likeness (QED) is 0.190. The van der Waals surface area contributed by atoms with Crippen molar-refractivity contribution < 1.29 is 33.7 Å². The Balaban J connectivity index is 1.48. The molecule has 208 valence electrons. The summed E-state index contributed by atoms with van der Waals surface area (Å²) in [7, 11) is -4.07. The Hall–Kier alpha value is -3.43. The van der Waals surface area contributed by atoms with Gasteiger partial charge in [0.05, 0.1) is 36.5 Å². The summed E-state index contributed by atoms with van der Waals surface area (Å²) >= 11 is 0. The minimum Gasteiger partial charge on any atom is -0.491 e. The first kappa shape index (κ1) is 28.6. The van der Waals surface area contributed by atoms with Crippen molar-refractivity contribution in [3.63, 3.8) is 0 Å². The Bertz CT molecular complexity index is 1440. The number of carboxylic acids is 1. The van der Waals surface area contributed by atoms with E-state index in [1.54, 1.807) is 13.0 Å².